The second-order valence-corrected chi connectivity index (χ2v) is 4.76. The molecule has 4 nitrogen and oxygen atoms in total. The average Bonchev–Trinajstić information content (AvgIpc) is 2.22. The molecule has 2 aliphatic rings. The second kappa shape index (κ2) is 4.37. The highest BCUT2D eigenvalue weighted by Crippen LogP contribution is 2.39. The normalized spacial score (nSPS) is 47.0. The van der Waals surface area contributed by atoms with E-state index in [-0.39, 0.29) is 18.8 Å². The van der Waals surface area contributed by atoms with Crippen molar-refractivity contribution in [3.05, 3.63) is 0 Å². The molecule has 0 bridgehead atoms. The number of aliphatic hydroxyl groups excluding tert-OH is 2. The van der Waals surface area contributed by atoms with E-state index in [1.54, 1.807) is 0 Å². The molecule has 2 N–H and O–H groups in total. The van der Waals surface area contributed by atoms with Gasteiger partial charge in [0.25, 0.3) is 0 Å². The van der Waals surface area contributed by atoms with Crippen molar-refractivity contribution in [3.8, 4) is 0 Å². The molecule has 0 aromatic carbocycles. The molecule has 2 saturated heterocycles. The lowest BCUT2D eigenvalue weighted by Crippen LogP contribution is -2.51. The van der Waals surface area contributed by atoms with Crippen molar-refractivity contribution in [2.75, 3.05) is 13.2 Å². The minimum atomic E-state index is -0.627. The highest BCUT2D eigenvalue weighted by Gasteiger charge is 2.44. The molecule has 2 aliphatic heterocycles. The lowest BCUT2D eigenvalue weighted by atomic mass is 9.88. The standard InChI is InChI=1S/C11H20O4/c1-8-2-4-11(15-10(8)7-12)6-9(13)3-5-14-11/h8-10,12-13H,2-7H2,1H3/t8-,9+,10+,11+/m1/s1. The molecule has 4 atom stereocenters. The monoisotopic (exact) mass is 216 g/mol. The van der Waals surface area contributed by atoms with Gasteiger partial charge in [-0.15, -0.1) is 0 Å². The Labute approximate surface area is 90.2 Å². The summed E-state index contributed by atoms with van der Waals surface area (Å²) in [5.74, 6) is -0.263. The smallest absolute Gasteiger partial charge is 0.171 e. The van der Waals surface area contributed by atoms with Gasteiger partial charge >= 0.3 is 0 Å². The fourth-order valence-electron chi connectivity index (χ4n) is 2.46. The Morgan fingerprint density at radius 2 is 2.20 bits per heavy atom. The molecule has 15 heavy (non-hydrogen) atoms. The summed E-state index contributed by atoms with van der Waals surface area (Å²) in [6.45, 7) is 2.66. The molecule has 0 aromatic rings. The zero-order valence-corrected chi connectivity index (χ0v) is 9.19. The van der Waals surface area contributed by atoms with Crippen molar-refractivity contribution in [1.29, 1.82) is 0 Å². The summed E-state index contributed by atoms with van der Waals surface area (Å²) in [5, 5.41) is 18.8. The van der Waals surface area contributed by atoms with E-state index >= 15 is 0 Å². The third kappa shape index (κ3) is 2.33. The van der Waals surface area contributed by atoms with Crippen molar-refractivity contribution in [3.63, 3.8) is 0 Å². The second-order valence-electron chi connectivity index (χ2n) is 4.76. The van der Waals surface area contributed by atoms with Crippen LogP contribution in [0, 0.1) is 5.92 Å². The van der Waals surface area contributed by atoms with Crippen LogP contribution in [-0.2, 0) is 9.47 Å². The van der Waals surface area contributed by atoms with E-state index in [1.807, 2.05) is 0 Å². The molecule has 0 aromatic heterocycles. The SMILES string of the molecule is C[C@@H]1CC[C@@]2(C[C@@H](O)CCO2)O[C@H]1CO. The minimum Gasteiger partial charge on any atom is -0.394 e. The Morgan fingerprint density at radius 1 is 1.40 bits per heavy atom. The predicted octanol–water partition coefficient (Wildman–Crippen LogP) is 0.661. The number of hydrogen-bond donors (Lipinski definition) is 2. The lowest BCUT2D eigenvalue weighted by Gasteiger charge is -2.46. The van der Waals surface area contributed by atoms with Gasteiger partial charge in [0.1, 0.15) is 0 Å². The Bertz CT molecular complexity index is 221. The Hall–Kier alpha value is -0.160. The van der Waals surface area contributed by atoms with Gasteiger partial charge in [-0.3, -0.25) is 0 Å². The van der Waals surface area contributed by atoms with Gasteiger partial charge in [-0.05, 0) is 18.8 Å². The summed E-state index contributed by atoms with van der Waals surface area (Å²) in [6.07, 6.45) is 2.55. The summed E-state index contributed by atoms with van der Waals surface area (Å²) >= 11 is 0. The van der Waals surface area contributed by atoms with E-state index in [0.29, 0.717) is 25.4 Å². The summed E-state index contributed by atoms with van der Waals surface area (Å²) in [7, 11) is 0. The van der Waals surface area contributed by atoms with Crippen LogP contribution in [0.1, 0.15) is 32.6 Å². The Balaban J connectivity index is 2.02. The van der Waals surface area contributed by atoms with Gasteiger partial charge in [0.2, 0.25) is 0 Å². The van der Waals surface area contributed by atoms with E-state index in [1.165, 1.54) is 0 Å². The van der Waals surface area contributed by atoms with Crippen LogP contribution in [0.15, 0.2) is 0 Å². The van der Waals surface area contributed by atoms with E-state index in [4.69, 9.17) is 9.47 Å². The van der Waals surface area contributed by atoms with Crippen LogP contribution >= 0.6 is 0 Å². The van der Waals surface area contributed by atoms with Crippen molar-refractivity contribution in [2.45, 2.75) is 50.6 Å². The first-order valence-electron chi connectivity index (χ1n) is 5.76. The van der Waals surface area contributed by atoms with Crippen molar-refractivity contribution >= 4 is 0 Å². The van der Waals surface area contributed by atoms with Crippen LogP contribution < -0.4 is 0 Å². The number of aliphatic hydroxyl groups is 2. The van der Waals surface area contributed by atoms with Gasteiger partial charge in [0.05, 0.1) is 25.4 Å². The third-order valence-electron chi connectivity index (χ3n) is 3.52. The van der Waals surface area contributed by atoms with Crippen molar-refractivity contribution in [1.82, 2.24) is 0 Å². The fraction of sp³-hybridized carbons (Fsp3) is 1.00. The van der Waals surface area contributed by atoms with E-state index in [2.05, 4.69) is 6.92 Å². The highest BCUT2D eigenvalue weighted by atomic mass is 16.7. The Kier molecular flexibility index (Phi) is 3.30. The van der Waals surface area contributed by atoms with Crippen molar-refractivity contribution in [2.24, 2.45) is 5.92 Å². The maximum atomic E-state index is 9.63. The first kappa shape index (κ1) is 11.3. The number of rotatable bonds is 1. The van der Waals surface area contributed by atoms with Crippen LogP contribution in [0.3, 0.4) is 0 Å². The van der Waals surface area contributed by atoms with E-state index < -0.39 is 5.79 Å². The maximum absolute atomic E-state index is 9.63. The van der Waals surface area contributed by atoms with Crippen LogP contribution in [0.25, 0.3) is 0 Å². The van der Waals surface area contributed by atoms with Crippen LogP contribution in [0.5, 0.6) is 0 Å². The van der Waals surface area contributed by atoms with Gasteiger partial charge in [0, 0.05) is 12.8 Å². The summed E-state index contributed by atoms with van der Waals surface area (Å²) in [5.41, 5.74) is 0. The van der Waals surface area contributed by atoms with Gasteiger partial charge in [-0.2, -0.15) is 0 Å². The molecule has 4 heteroatoms. The van der Waals surface area contributed by atoms with Crippen LogP contribution in [0.4, 0.5) is 0 Å². The molecule has 2 fully saturated rings. The number of hydrogen-bond acceptors (Lipinski definition) is 4. The third-order valence-corrected chi connectivity index (χ3v) is 3.52. The molecule has 0 amide bonds. The molecular weight excluding hydrogens is 196 g/mol. The molecule has 88 valence electrons. The first-order valence-corrected chi connectivity index (χ1v) is 5.76. The molecule has 2 rings (SSSR count). The predicted molar refractivity (Wildman–Crippen MR) is 54.3 cm³/mol. The molecule has 0 radical (unpaired) electrons. The van der Waals surface area contributed by atoms with E-state index in [9.17, 15) is 10.2 Å². The number of ether oxygens (including phenoxy) is 2. The molecule has 0 unspecified atom stereocenters. The zero-order valence-electron chi connectivity index (χ0n) is 9.19. The summed E-state index contributed by atoms with van der Waals surface area (Å²) in [6, 6.07) is 0. The first-order chi connectivity index (χ1) is 7.15. The van der Waals surface area contributed by atoms with Gasteiger partial charge in [0.15, 0.2) is 5.79 Å². The average molecular weight is 216 g/mol. The summed E-state index contributed by atoms with van der Waals surface area (Å²) < 4.78 is 11.5. The van der Waals surface area contributed by atoms with Gasteiger partial charge < -0.3 is 19.7 Å². The van der Waals surface area contributed by atoms with Crippen molar-refractivity contribution < 1.29 is 19.7 Å². The molecule has 0 saturated carbocycles. The Morgan fingerprint density at radius 3 is 2.87 bits per heavy atom. The largest absolute Gasteiger partial charge is 0.394 e. The topological polar surface area (TPSA) is 58.9 Å². The highest BCUT2D eigenvalue weighted by molar-refractivity contribution is 4.86. The lowest BCUT2D eigenvalue weighted by molar-refractivity contribution is -0.319. The van der Waals surface area contributed by atoms with Gasteiger partial charge in [-0.25, -0.2) is 0 Å². The van der Waals surface area contributed by atoms with Crippen LogP contribution in [-0.4, -0.2) is 41.4 Å². The fourth-order valence-corrected chi connectivity index (χ4v) is 2.46. The quantitative estimate of drug-likeness (QED) is 0.676. The van der Waals surface area contributed by atoms with E-state index in [0.717, 1.165) is 12.8 Å². The summed E-state index contributed by atoms with van der Waals surface area (Å²) in [4.78, 5) is 0. The molecule has 0 aliphatic carbocycles. The molecular formula is C11H20O4. The zero-order chi connectivity index (χ0) is 10.9. The van der Waals surface area contributed by atoms with Gasteiger partial charge in [-0.1, -0.05) is 6.92 Å². The maximum Gasteiger partial charge on any atom is 0.171 e. The van der Waals surface area contributed by atoms with Crippen LogP contribution in [0.2, 0.25) is 0 Å². The molecule has 1 spiro atoms. The minimum absolute atomic E-state index is 0.0301. The molecule has 2 heterocycles.